The molecule has 0 aliphatic carbocycles. The van der Waals surface area contributed by atoms with Gasteiger partial charge in [-0.25, -0.2) is 4.79 Å². The van der Waals surface area contributed by atoms with Crippen molar-refractivity contribution in [3.63, 3.8) is 0 Å². The molecule has 0 unspecified atom stereocenters. The van der Waals surface area contributed by atoms with Crippen LogP contribution in [0.3, 0.4) is 0 Å². The number of carboxylic acid groups (broad SMARTS) is 1. The van der Waals surface area contributed by atoms with E-state index in [-0.39, 0.29) is 37.3 Å². The molecule has 1 aliphatic rings. The number of phenols is 2. The van der Waals surface area contributed by atoms with Gasteiger partial charge in [-0.3, -0.25) is 19.2 Å². The number of phenolic OH excluding ortho intramolecular Hbond substituents is 2. The lowest BCUT2D eigenvalue weighted by molar-refractivity contribution is -0.146. The van der Waals surface area contributed by atoms with Crippen molar-refractivity contribution in [2.24, 2.45) is 0 Å². The molecule has 2 aromatic rings. The van der Waals surface area contributed by atoms with Crippen LogP contribution < -0.4 is 21.3 Å². The van der Waals surface area contributed by atoms with Gasteiger partial charge in [-0.2, -0.15) is 0 Å². The average Bonchev–Trinajstić information content (AvgIpc) is 3.63. The molecule has 15 heteroatoms. The fraction of sp³-hybridized carbons (Fsp3) is 0.553. The van der Waals surface area contributed by atoms with Crippen LogP contribution in [0, 0.1) is 0 Å². The van der Waals surface area contributed by atoms with Crippen LogP contribution in [0.1, 0.15) is 76.3 Å². The molecule has 53 heavy (non-hydrogen) atoms. The van der Waals surface area contributed by atoms with E-state index in [4.69, 9.17) is 0 Å². The molecule has 0 spiro atoms. The van der Waals surface area contributed by atoms with Crippen LogP contribution in [0.2, 0.25) is 0 Å². The van der Waals surface area contributed by atoms with Gasteiger partial charge in [0.15, 0.2) is 0 Å². The second kappa shape index (κ2) is 21.1. The van der Waals surface area contributed by atoms with E-state index in [0.717, 1.165) is 32.1 Å². The van der Waals surface area contributed by atoms with E-state index >= 15 is 0 Å². The van der Waals surface area contributed by atoms with Gasteiger partial charge in [0.2, 0.25) is 17.7 Å². The lowest BCUT2D eigenvalue weighted by Crippen LogP contribution is -2.61. The molecular formula is C38H55N5O10. The fourth-order valence-electron chi connectivity index (χ4n) is 6.40. The van der Waals surface area contributed by atoms with Gasteiger partial charge in [-0.1, -0.05) is 63.3 Å². The summed E-state index contributed by atoms with van der Waals surface area (Å²) in [5.41, 5.74) is 1.08. The maximum Gasteiger partial charge on any atom is 0.326 e. The maximum absolute atomic E-state index is 13.8. The van der Waals surface area contributed by atoms with Crippen molar-refractivity contribution in [1.82, 2.24) is 26.2 Å². The number of benzene rings is 2. The van der Waals surface area contributed by atoms with E-state index < -0.39 is 72.0 Å². The Kier molecular flexibility index (Phi) is 17.0. The first-order chi connectivity index (χ1) is 25.2. The zero-order chi connectivity index (χ0) is 39.1. The second-order valence-corrected chi connectivity index (χ2v) is 13.7. The standard InChI is InChI=1S/C38H55N5O10/c1-4-5-6-7-8-10-28(39-3)33(47)36(50)42-32(23(2)44)37(51)43-20-9-11-31(43)35(49)40-29(21-24-12-16-26(45)17-13-24)34(48)41-30(38(52)53)22-25-14-18-27(46)19-15-25/h12-19,23,28-33,39,44-47H,4-11,20-22H2,1-3H3,(H,40,49)(H,41,48)(H,42,50)(H,52,53)/t23-,28+,29+,30-,31-,32-,33-/m1/s1. The number of amides is 4. The molecule has 1 fully saturated rings. The Morgan fingerprint density at radius 1 is 0.792 bits per heavy atom. The van der Waals surface area contributed by atoms with Crippen LogP contribution in [0.25, 0.3) is 0 Å². The number of aliphatic carboxylic acids is 1. The molecule has 1 saturated heterocycles. The van der Waals surface area contributed by atoms with Crippen molar-refractivity contribution in [1.29, 1.82) is 0 Å². The Bertz CT molecular complexity index is 1500. The van der Waals surface area contributed by atoms with E-state index in [1.165, 1.54) is 48.2 Å². The molecule has 4 amide bonds. The van der Waals surface area contributed by atoms with Crippen molar-refractivity contribution in [2.75, 3.05) is 13.6 Å². The minimum atomic E-state index is -1.50. The van der Waals surface area contributed by atoms with Crippen LogP contribution in [-0.4, -0.2) is 116 Å². The smallest absolute Gasteiger partial charge is 0.326 e. The van der Waals surface area contributed by atoms with Crippen molar-refractivity contribution in [3.05, 3.63) is 59.7 Å². The molecule has 9 N–H and O–H groups in total. The highest BCUT2D eigenvalue weighted by molar-refractivity contribution is 5.96. The van der Waals surface area contributed by atoms with Crippen LogP contribution in [0.15, 0.2) is 48.5 Å². The first-order valence-electron chi connectivity index (χ1n) is 18.3. The van der Waals surface area contributed by atoms with Crippen LogP contribution in [0.4, 0.5) is 0 Å². The number of likely N-dealkylation sites (tertiary alicyclic amines) is 1. The predicted octanol–water partition coefficient (Wildman–Crippen LogP) is 1.10. The number of rotatable bonds is 21. The van der Waals surface area contributed by atoms with E-state index in [9.17, 15) is 49.5 Å². The van der Waals surface area contributed by atoms with Crippen LogP contribution >= 0.6 is 0 Å². The van der Waals surface area contributed by atoms with Crippen molar-refractivity contribution in [2.45, 2.75) is 120 Å². The highest BCUT2D eigenvalue weighted by atomic mass is 16.4. The molecule has 292 valence electrons. The summed E-state index contributed by atoms with van der Waals surface area (Å²) in [5, 5.41) is 61.2. The van der Waals surface area contributed by atoms with Gasteiger partial charge >= 0.3 is 5.97 Å². The topological polar surface area (TPSA) is 238 Å². The number of aliphatic hydroxyl groups is 2. The highest BCUT2D eigenvalue weighted by Gasteiger charge is 2.41. The Balaban J connectivity index is 1.75. The predicted molar refractivity (Wildman–Crippen MR) is 196 cm³/mol. The number of aliphatic hydroxyl groups excluding tert-OH is 2. The quantitative estimate of drug-likeness (QED) is 0.0822. The number of nitrogens with one attached hydrogen (secondary N) is 4. The summed E-state index contributed by atoms with van der Waals surface area (Å²) >= 11 is 0. The van der Waals surface area contributed by atoms with Crippen molar-refractivity contribution >= 4 is 29.6 Å². The largest absolute Gasteiger partial charge is 0.508 e. The number of carboxylic acids is 1. The van der Waals surface area contributed by atoms with E-state index in [1.54, 1.807) is 19.2 Å². The molecular weight excluding hydrogens is 686 g/mol. The Labute approximate surface area is 310 Å². The van der Waals surface area contributed by atoms with Gasteiger partial charge in [-0.05, 0) is 68.6 Å². The summed E-state index contributed by atoms with van der Waals surface area (Å²) in [6, 6.07) is 5.93. The van der Waals surface area contributed by atoms with Gasteiger partial charge < -0.3 is 51.7 Å². The number of unbranched alkanes of at least 4 members (excludes halogenated alkanes) is 4. The Hall–Kier alpha value is -4.73. The summed E-state index contributed by atoms with van der Waals surface area (Å²) in [4.78, 5) is 67.8. The SMILES string of the molecule is CCCCCCC[C@H](NC)[C@@H](O)C(=O)N[C@@H](C(=O)N1CCC[C@@H]1C(=O)N[C@@H](Cc1ccc(O)cc1)C(=O)N[C@H](Cc1ccc(O)cc1)C(=O)O)[C@@H](C)O. The zero-order valence-corrected chi connectivity index (χ0v) is 30.7. The first kappa shape index (κ1) is 42.7. The van der Waals surface area contributed by atoms with Gasteiger partial charge in [0.05, 0.1) is 6.10 Å². The first-order valence-corrected chi connectivity index (χ1v) is 18.3. The fourth-order valence-corrected chi connectivity index (χ4v) is 6.40. The molecule has 3 rings (SSSR count). The number of hydrogen-bond acceptors (Lipinski definition) is 10. The van der Waals surface area contributed by atoms with Gasteiger partial charge in [-0.15, -0.1) is 0 Å². The molecule has 0 radical (unpaired) electrons. The summed E-state index contributed by atoms with van der Waals surface area (Å²) in [6.07, 6.45) is 3.06. The third-order valence-corrected chi connectivity index (χ3v) is 9.52. The Morgan fingerprint density at radius 3 is 1.89 bits per heavy atom. The minimum absolute atomic E-state index is 0.00792. The number of nitrogens with zero attached hydrogens (tertiary/aromatic N) is 1. The molecule has 1 heterocycles. The monoisotopic (exact) mass is 741 g/mol. The molecule has 1 aliphatic heterocycles. The third kappa shape index (κ3) is 13.0. The van der Waals surface area contributed by atoms with Crippen molar-refractivity contribution < 1.29 is 49.5 Å². The van der Waals surface area contributed by atoms with Gasteiger partial charge in [0.25, 0.3) is 5.91 Å². The molecule has 0 aromatic heterocycles. The summed E-state index contributed by atoms with van der Waals surface area (Å²) in [5.74, 6) is -4.43. The van der Waals surface area contributed by atoms with E-state index in [0.29, 0.717) is 24.0 Å². The summed E-state index contributed by atoms with van der Waals surface area (Å²) in [6.45, 7) is 3.55. The minimum Gasteiger partial charge on any atom is -0.508 e. The normalized spacial score (nSPS) is 17.5. The third-order valence-electron chi connectivity index (χ3n) is 9.52. The maximum atomic E-state index is 13.8. The molecule has 2 aromatic carbocycles. The molecule has 15 nitrogen and oxygen atoms in total. The molecule has 0 bridgehead atoms. The van der Waals surface area contributed by atoms with Gasteiger partial charge in [0.1, 0.15) is 41.8 Å². The average molecular weight is 742 g/mol. The van der Waals surface area contributed by atoms with Gasteiger partial charge in [0, 0.05) is 25.4 Å². The molecule has 7 atom stereocenters. The van der Waals surface area contributed by atoms with Crippen LogP contribution in [0.5, 0.6) is 11.5 Å². The van der Waals surface area contributed by atoms with E-state index in [2.05, 4.69) is 28.2 Å². The number of likely N-dealkylation sites (N-methyl/N-ethyl adjacent to an activating group) is 1. The van der Waals surface area contributed by atoms with Crippen LogP contribution in [-0.2, 0) is 36.8 Å². The summed E-state index contributed by atoms with van der Waals surface area (Å²) < 4.78 is 0. The number of carbonyl (C=O) groups is 5. The Morgan fingerprint density at radius 2 is 1.36 bits per heavy atom. The second-order valence-electron chi connectivity index (χ2n) is 13.7. The summed E-state index contributed by atoms with van der Waals surface area (Å²) in [7, 11) is 1.63. The lowest BCUT2D eigenvalue weighted by Gasteiger charge is -2.32. The van der Waals surface area contributed by atoms with Crippen molar-refractivity contribution in [3.8, 4) is 11.5 Å². The highest BCUT2D eigenvalue weighted by Crippen LogP contribution is 2.21. The lowest BCUT2D eigenvalue weighted by atomic mass is 10.0. The molecule has 0 saturated carbocycles. The zero-order valence-electron chi connectivity index (χ0n) is 30.7. The number of aromatic hydroxyl groups is 2. The number of carbonyl (C=O) groups excluding carboxylic acids is 4. The van der Waals surface area contributed by atoms with E-state index in [1.807, 2.05) is 0 Å². The number of hydrogen-bond donors (Lipinski definition) is 9.